The topological polar surface area (TPSA) is 105 Å². The van der Waals surface area contributed by atoms with Gasteiger partial charge in [-0.1, -0.05) is 18.2 Å². The Kier molecular flexibility index (Phi) is 4.10. The first-order chi connectivity index (χ1) is 12.9. The van der Waals surface area contributed by atoms with Crippen molar-refractivity contribution in [1.82, 2.24) is 8.96 Å². The third-order valence-corrected chi connectivity index (χ3v) is 6.41. The van der Waals surface area contributed by atoms with Gasteiger partial charge in [0.2, 0.25) is 0 Å². The number of hydrogen-bond acceptors (Lipinski definition) is 7. The van der Waals surface area contributed by atoms with E-state index in [0.717, 1.165) is 0 Å². The van der Waals surface area contributed by atoms with Gasteiger partial charge in [0.15, 0.2) is 5.65 Å². The van der Waals surface area contributed by atoms with Crippen LogP contribution in [0.4, 0.5) is 11.4 Å². The minimum atomic E-state index is -3.77. The van der Waals surface area contributed by atoms with Gasteiger partial charge in [0, 0.05) is 18.7 Å². The van der Waals surface area contributed by atoms with E-state index in [1.54, 1.807) is 43.5 Å². The first-order valence-corrected chi connectivity index (χ1v) is 9.83. The number of hydrogen-bond donors (Lipinski definition) is 3. The van der Waals surface area contributed by atoms with E-state index in [-0.39, 0.29) is 11.5 Å². The molecule has 142 valence electrons. The van der Waals surface area contributed by atoms with E-state index in [1.165, 1.54) is 16.4 Å². The molecule has 0 radical (unpaired) electrons. The van der Waals surface area contributed by atoms with Gasteiger partial charge in [-0.25, -0.2) is 17.4 Å². The molecular formula is C18H20N4O4S. The summed E-state index contributed by atoms with van der Waals surface area (Å²) in [7, 11) is -2.21. The molecule has 3 aromatic rings. The zero-order valence-electron chi connectivity index (χ0n) is 14.9. The molecule has 2 aromatic heterocycles. The molecule has 0 fully saturated rings. The van der Waals surface area contributed by atoms with Crippen LogP contribution in [-0.4, -0.2) is 48.0 Å². The fraction of sp³-hybridized carbons (Fsp3) is 0.278. The Balaban J connectivity index is 1.86. The van der Waals surface area contributed by atoms with Gasteiger partial charge in [-0.3, -0.25) is 0 Å². The molecule has 0 saturated heterocycles. The van der Waals surface area contributed by atoms with Crippen molar-refractivity contribution in [2.75, 3.05) is 24.4 Å². The molecule has 4 rings (SSSR count). The minimum absolute atomic E-state index is 0.188. The molecule has 9 heteroatoms. The maximum Gasteiger partial charge on any atom is 0.269 e. The van der Waals surface area contributed by atoms with E-state index in [2.05, 4.69) is 15.6 Å². The number of ether oxygens (including phenoxy) is 1. The number of nitrogens with zero attached hydrogens (tertiary/aromatic N) is 2. The van der Waals surface area contributed by atoms with Gasteiger partial charge in [-0.2, -0.15) is 0 Å². The minimum Gasteiger partial charge on any atom is -0.382 e. The molecule has 3 N–H and O–H groups in total. The Hall–Kier alpha value is -2.62. The number of aromatic nitrogens is 2. The van der Waals surface area contributed by atoms with E-state index < -0.39 is 21.8 Å². The number of benzene rings is 1. The van der Waals surface area contributed by atoms with Gasteiger partial charge in [0.05, 0.1) is 29.1 Å². The number of aliphatic hydroxyl groups excluding tert-OH is 1. The summed E-state index contributed by atoms with van der Waals surface area (Å²) in [5.74, 6) is 0. The predicted molar refractivity (Wildman–Crippen MR) is 102 cm³/mol. The van der Waals surface area contributed by atoms with Gasteiger partial charge < -0.3 is 20.5 Å². The molecule has 1 unspecified atom stereocenters. The van der Waals surface area contributed by atoms with Crippen LogP contribution in [-0.2, 0) is 14.8 Å². The zero-order valence-corrected chi connectivity index (χ0v) is 15.7. The fourth-order valence-corrected chi connectivity index (χ4v) is 4.60. The van der Waals surface area contributed by atoms with Crippen LogP contribution in [0.25, 0.3) is 11.0 Å². The molecule has 1 aliphatic rings. The first kappa shape index (κ1) is 17.8. The lowest BCUT2D eigenvalue weighted by molar-refractivity contribution is 0.0603. The zero-order chi connectivity index (χ0) is 19.2. The first-order valence-electron chi connectivity index (χ1n) is 8.39. The molecule has 8 nitrogen and oxygen atoms in total. The standard InChI is InChI=1S/C18H20N4O4S/c1-18(11-26-2)17(23)20-14-10-19-16-13(15(14)21-18)8-9-22(16)27(24,25)12-6-4-3-5-7-12/h3-10,17,20-21,23H,11H2,1-2H3/t17?,18-/m0/s1. The number of nitrogens with one attached hydrogen (secondary N) is 2. The van der Waals surface area contributed by atoms with Crippen LogP contribution in [0.1, 0.15) is 6.92 Å². The normalized spacial score (nSPS) is 22.1. The molecule has 1 aromatic carbocycles. The van der Waals surface area contributed by atoms with Gasteiger partial charge in [-0.05, 0) is 25.1 Å². The van der Waals surface area contributed by atoms with E-state index >= 15 is 0 Å². The summed E-state index contributed by atoms with van der Waals surface area (Å²) in [5.41, 5.74) is 0.796. The third kappa shape index (κ3) is 2.75. The van der Waals surface area contributed by atoms with Crippen LogP contribution in [0.15, 0.2) is 53.7 Å². The summed E-state index contributed by atoms with van der Waals surface area (Å²) in [6, 6.07) is 9.91. The highest BCUT2D eigenvalue weighted by atomic mass is 32.2. The summed E-state index contributed by atoms with van der Waals surface area (Å²) in [4.78, 5) is 4.50. The molecule has 0 saturated carbocycles. The van der Waals surface area contributed by atoms with E-state index in [4.69, 9.17) is 4.74 Å². The number of methoxy groups -OCH3 is 1. The smallest absolute Gasteiger partial charge is 0.269 e. The average Bonchev–Trinajstić information content (AvgIpc) is 3.09. The Bertz CT molecular complexity index is 1100. The van der Waals surface area contributed by atoms with Gasteiger partial charge in [0.25, 0.3) is 10.0 Å². The summed E-state index contributed by atoms with van der Waals surface area (Å²) in [6.07, 6.45) is 2.11. The lowest BCUT2D eigenvalue weighted by Gasteiger charge is -2.41. The monoisotopic (exact) mass is 388 g/mol. The van der Waals surface area contributed by atoms with Crippen molar-refractivity contribution in [1.29, 1.82) is 0 Å². The lowest BCUT2D eigenvalue weighted by Crippen LogP contribution is -2.56. The molecule has 2 atom stereocenters. The van der Waals surface area contributed by atoms with Crippen LogP contribution < -0.4 is 10.6 Å². The van der Waals surface area contributed by atoms with Crippen LogP contribution in [0.3, 0.4) is 0 Å². The summed E-state index contributed by atoms with van der Waals surface area (Å²) in [5, 5.41) is 17.3. The van der Waals surface area contributed by atoms with Crippen LogP contribution in [0.2, 0.25) is 0 Å². The second kappa shape index (κ2) is 6.22. The van der Waals surface area contributed by atoms with E-state index in [1.807, 2.05) is 6.92 Å². The quantitative estimate of drug-likeness (QED) is 0.626. The Morgan fingerprint density at radius 2 is 2.04 bits per heavy atom. The van der Waals surface area contributed by atoms with Crippen molar-refractivity contribution >= 4 is 32.4 Å². The second-order valence-electron chi connectivity index (χ2n) is 6.74. The van der Waals surface area contributed by atoms with E-state index in [9.17, 15) is 13.5 Å². The molecule has 0 amide bonds. The molecule has 1 aliphatic heterocycles. The fourth-order valence-electron chi connectivity index (χ4n) is 3.28. The molecule has 0 aliphatic carbocycles. The van der Waals surface area contributed by atoms with Crippen molar-refractivity contribution in [2.24, 2.45) is 0 Å². The average molecular weight is 388 g/mol. The largest absolute Gasteiger partial charge is 0.382 e. The predicted octanol–water partition coefficient (Wildman–Crippen LogP) is 1.83. The third-order valence-electron chi connectivity index (χ3n) is 4.73. The summed E-state index contributed by atoms with van der Waals surface area (Å²) < 4.78 is 32.4. The molecular weight excluding hydrogens is 368 g/mol. The van der Waals surface area contributed by atoms with Crippen LogP contribution in [0.5, 0.6) is 0 Å². The Labute approximate surface area is 156 Å². The van der Waals surface area contributed by atoms with Crippen molar-refractivity contribution < 1.29 is 18.3 Å². The molecule has 0 spiro atoms. The number of pyridine rings is 1. The SMILES string of the molecule is COC[C@]1(C)Nc2c(cnc3c2ccn3S(=O)(=O)c2ccccc2)NC1O. The maximum absolute atomic E-state index is 13.0. The van der Waals surface area contributed by atoms with Crippen molar-refractivity contribution in [3.63, 3.8) is 0 Å². The molecule has 27 heavy (non-hydrogen) atoms. The van der Waals surface area contributed by atoms with Crippen LogP contribution >= 0.6 is 0 Å². The number of fused-ring (bicyclic) bond motifs is 3. The maximum atomic E-state index is 13.0. The number of aliphatic hydroxyl groups is 1. The summed E-state index contributed by atoms with van der Waals surface area (Å²) >= 11 is 0. The highest BCUT2D eigenvalue weighted by Gasteiger charge is 2.39. The van der Waals surface area contributed by atoms with Gasteiger partial charge in [-0.15, -0.1) is 0 Å². The van der Waals surface area contributed by atoms with Crippen molar-refractivity contribution in [2.45, 2.75) is 23.6 Å². The highest BCUT2D eigenvalue weighted by molar-refractivity contribution is 7.90. The van der Waals surface area contributed by atoms with Crippen molar-refractivity contribution in [3.05, 3.63) is 48.8 Å². The Morgan fingerprint density at radius 1 is 1.30 bits per heavy atom. The molecule has 3 heterocycles. The van der Waals surface area contributed by atoms with E-state index in [0.29, 0.717) is 22.4 Å². The van der Waals surface area contributed by atoms with Crippen LogP contribution in [0, 0.1) is 0 Å². The van der Waals surface area contributed by atoms with Gasteiger partial charge in [0.1, 0.15) is 11.8 Å². The number of rotatable bonds is 4. The lowest BCUT2D eigenvalue weighted by atomic mass is 9.97. The summed E-state index contributed by atoms with van der Waals surface area (Å²) in [6.45, 7) is 2.08. The van der Waals surface area contributed by atoms with Crippen molar-refractivity contribution in [3.8, 4) is 0 Å². The Morgan fingerprint density at radius 3 is 2.74 bits per heavy atom. The molecule has 0 bridgehead atoms. The highest BCUT2D eigenvalue weighted by Crippen LogP contribution is 2.38. The number of anilines is 2. The second-order valence-corrected chi connectivity index (χ2v) is 8.55. The van der Waals surface area contributed by atoms with Gasteiger partial charge >= 0.3 is 0 Å².